The summed E-state index contributed by atoms with van der Waals surface area (Å²) in [4.78, 5) is 12.8. The van der Waals surface area contributed by atoms with E-state index < -0.39 is 10.0 Å². The summed E-state index contributed by atoms with van der Waals surface area (Å²) in [5.41, 5.74) is 0.807. The van der Waals surface area contributed by atoms with Crippen molar-refractivity contribution in [2.45, 2.75) is 18.6 Å². The van der Waals surface area contributed by atoms with Gasteiger partial charge >= 0.3 is 0 Å². The van der Waals surface area contributed by atoms with E-state index in [1.807, 2.05) is 0 Å². The topological polar surface area (TPSA) is 84.9 Å². The van der Waals surface area contributed by atoms with Gasteiger partial charge in [-0.05, 0) is 25.0 Å². The molecule has 0 radical (unpaired) electrons. The summed E-state index contributed by atoms with van der Waals surface area (Å²) < 4.78 is 37.6. The fraction of sp³-hybridized carbons (Fsp3) is 0.381. The Balaban J connectivity index is 1.65. The van der Waals surface area contributed by atoms with Crippen LogP contribution < -0.4 is 14.8 Å². The SMILES string of the molecule is COc1cc(NC(=O)C2CCN(S(=O)(=O)Cc3c(Cl)cccc3Cl)CC2)c(OC)cc1Cl. The minimum atomic E-state index is -3.63. The molecule has 2 aromatic carbocycles. The number of nitrogens with one attached hydrogen (secondary N) is 1. The van der Waals surface area contributed by atoms with E-state index in [-0.39, 0.29) is 30.7 Å². The highest BCUT2D eigenvalue weighted by Gasteiger charge is 2.32. The Labute approximate surface area is 202 Å². The van der Waals surface area contributed by atoms with Gasteiger partial charge in [0.1, 0.15) is 11.5 Å². The maximum absolute atomic E-state index is 12.9. The second-order valence-electron chi connectivity index (χ2n) is 7.31. The molecule has 0 saturated carbocycles. The minimum absolute atomic E-state index is 0.223. The maximum atomic E-state index is 12.9. The van der Waals surface area contributed by atoms with Crippen LogP contribution in [0, 0.1) is 5.92 Å². The number of ether oxygens (including phenoxy) is 2. The van der Waals surface area contributed by atoms with Crippen molar-refractivity contribution in [1.82, 2.24) is 4.31 Å². The van der Waals surface area contributed by atoms with Gasteiger partial charge in [-0.15, -0.1) is 0 Å². The van der Waals surface area contributed by atoms with Gasteiger partial charge in [0.2, 0.25) is 15.9 Å². The number of amides is 1. The van der Waals surface area contributed by atoms with Crippen LogP contribution in [0.15, 0.2) is 30.3 Å². The second kappa shape index (κ2) is 10.5. The van der Waals surface area contributed by atoms with E-state index in [4.69, 9.17) is 44.3 Å². The van der Waals surface area contributed by atoms with E-state index in [1.54, 1.807) is 30.3 Å². The number of rotatable bonds is 7. The molecule has 1 fully saturated rings. The van der Waals surface area contributed by atoms with Crippen LogP contribution in [-0.4, -0.2) is 45.9 Å². The number of hydrogen-bond acceptors (Lipinski definition) is 5. The first kappa shape index (κ1) is 24.9. The van der Waals surface area contributed by atoms with E-state index in [2.05, 4.69) is 5.32 Å². The minimum Gasteiger partial charge on any atom is -0.495 e. The lowest BCUT2D eigenvalue weighted by Crippen LogP contribution is -2.42. The summed E-state index contributed by atoms with van der Waals surface area (Å²) in [6.07, 6.45) is 0.767. The average Bonchev–Trinajstić information content (AvgIpc) is 2.77. The van der Waals surface area contributed by atoms with Crippen LogP contribution in [0.5, 0.6) is 11.5 Å². The number of benzene rings is 2. The van der Waals surface area contributed by atoms with Crippen molar-refractivity contribution < 1.29 is 22.7 Å². The fourth-order valence-corrected chi connectivity index (χ4v) is 6.08. The van der Waals surface area contributed by atoms with Crippen molar-refractivity contribution in [3.63, 3.8) is 0 Å². The standard InChI is InChI=1S/C21H23Cl3N2O5S/c1-30-19-11-18(20(31-2)10-17(19)24)25-21(27)13-6-8-26(9-7-13)32(28,29)12-14-15(22)4-3-5-16(14)23/h3-5,10-11,13H,6-9,12H2,1-2H3,(H,25,27). The van der Waals surface area contributed by atoms with Crippen LogP contribution in [-0.2, 0) is 20.6 Å². The van der Waals surface area contributed by atoms with Crippen molar-refractivity contribution in [2.75, 3.05) is 32.6 Å². The number of halogens is 3. The first-order chi connectivity index (χ1) is 15.2. The molecule has 0 aromatic heterocycles. The van der Waals surface area contributed by atoms with E-state index in [0.29, 0.717) is 50.7 Å². The van der Waals surface area contributed by atoms with Gasteiger partial charge < -0.3 is 14.8 Å². The highest BCUT2D eigenvalue weighted by atomic mass is 35.5. The third kappa shape index (κ3) is 5.61. The molecule has 1 aliphatic rings. The molecular weight excluding hydrogens is 499 g/mol. The molecule has 174 valence electrons. The molecule has 0 bridgehead atoms. The van der Waals surface area contributed by atoms with Crippen molar-refractivity contribution in [2.24, 2.45) is 5.92 Å². The van der Waals surface area contributed by atoms with Crippen molar-refractivity contribution in [1.29, 1.82) is 0 Å². The van der Waals surface area contributed by atoms with Crippen LogP contribution in [0.1, 0.15) is 18.4 Å². The molecular formula is C21H23Cl3N2O5S. The van der Waals surface area contributed by atoms with Crippen LogP contribution in [0.3, 0.4) is 0 Å². The molecule has 1 saturated heterocycles. The Morgan fingerprint density at radius 1 is 1.03 bits per heavy atom. The van der Waals surface area contributed by atoms with Gasteiger partial charge in [-0.2, -0.15) is 0 Å². The maximum Gasteiger partial charge on any atom is 0.227 e. The second-order valence-corrected chi connectivity index (χ2v) is 10.5. The third-order valence-electron chi connectivity index (χ3n) is 5.34. The monoisotopic (exact) mass is 520 g/mol. The van der Waals surface area contributed by atoms with Gasteiger partial charge in [0.25, 0.3) is 0 Å². The molecule has 32 heavy (non-hydrogen) atoms. The Morgan fingerprint density at radius 2 is 1.62 bits per heavy atom. The van der Waals surface area contributed by atoms with E-state index >= 15 is 0 Å². The fourth-order valence-electron chi connectivity index (χ4n) is 3.53. The van der Waals surface area contributed by atoms with Gasteiger partial charge in [0.05, 0.1) is 30.7 Å². The van der Waals surface area contributed by atoms with E-state index in [0.717, 1.165) is 0 Å². The average molecular weight is 522 g/mol. The lowest BCUT2D eigenvalue weighted by atomic mass is 9.97. The van der Waals surface area contributed by atoms with Crippen LogP contribution in [0.4, 0.5) is 5.69 Å². The molecule has 1 aliphatic heterocycles. The first-order valence-corrected chi connectivity index (χ1v) is 12.5. The van der Waals surface area contributed by atoms with E-state index in [1.165, 1.54) is 18.5 Å². The zero-order valence-corrected chi connectivity index (χ0v) is 20.6. The van der Waals surface area contributed by atoms with Gasteiger partial charge in [-0.3, -0.25) is 4.79 Å². The zero-order chi connectivity index (χ0) is 23.5. The molecule has 1 N–H and O–H groups in total. The van der Waals surface area contributed by atoms with Crippen LogP contribution in [0.2, 0.25) is 15.1 Å². The first-order valence-electron chi connectivity index (χ1n) is 9.79. The molecule has 0 aliphatic carbocycles. The predicted octanol–water partition coefficient (Wildman–Crippen LogP) is 4.84. The molecule has 0 spiro atoms. The van der Waals surface area contributed by atoms with Crippen molar-refractivity contribution >= 4 is 56.4 Å². The zero-order valence-electron chi connectivity index (χ0n) is 17.5. The number of hydrogen-bond donors (Lipinski definition) is 1. The quantitative estimate of drug-likeness (QED) is 0.563. The van der Waals surface area contributed by atoms with Gasteiger partial charge in [0, 0.05) is 46.7 Å². The molecule has 1 amide bonds. The van der Waals surface area contributed by atoms with Gasteiger partial charge in [0.15, 0.2) is 0 Å². The Bertz CT molecular complexity index is 1080. The van der Waals surface area contributed by atoms with Gasteiger partial charge in [-0.1, -0.05) is 40.9 Å². The van der Waals surface area contributed by atoms with Crippen LogP contribution >= 0.6 is 34.8 Å². The molecule has 7 nitrogen and oxygen atoms in total. The number of piperidine rings is 1. The van der Waals surface area contributed by atoms with Gasteiger partial charge in [-0.25, -0.2) is 12.7 Å². The molecule has 11 heteroatoms. The number of methoxy groups -OCH3 is 2. The van der Waals surface area contributed by atoms with E-state index in [9.17, 15) is 13.2 Å². The summed E-state index contributed by atoms with van der Waals surface area (Å²) in [5, 5.41) is 3.81. The summed E-state index contributed by atoms with van der Waals surface area (Å²) in [5.74, 6) is -0.0530. The predicted molar refractivity (Wildman–Crippen MR) is 127 cm³/mol. The Hall–Kier alpha value is -1.71. The molecule has 1 heterocycles. The van der Waals surface area contributed by atoms with Crippen molar-refractivity contribution in [3.8, 4) is 11.5 Å². The molecule has 0 unspecified atom stereocenters. The summed E-state index contributed by atoms with van der Waals surface area (Å²) in [6, 6.07) is 8.02. The summed E-state index contributed by atoms with van der Waals surface area (Å²) in [6.45, 7) is 0.452. The lowest BCUT2D eigenvalue weighted by Gasteiger charge is -2.31. The largest absolute Gasteiger partial charge is 0.495 e. The number of anilines is 1. The molecule has 2 aromatic rings. The highest BCUT2D eigenvalue weighted by molar-refractivity contribution is 7.88. The summed E-state index contributed by atoms with van der Waals surface area (Å²) >= 11 is 18.4. The Kier molecular flexibility index (Phi) is 8.16. The lowest BCUT2D eigenvalue weighted by molar-refractivity contribution is -0.120. The number of nitrogens with zero attached hydrogens (tertiary/aromatic N) is 1. The number of carbonyl (C=O) groups is 1. The normalized spacial score (nSPS) is 15.4. The summed E-state index contributed by atoms with van der Waals surface area (Å²) in [7, 11) is -0.680. The third-order valence-corrected chi connectivity index (χ3v) is 8.15. The van der Waals surface area contributed by atoms with Crippen LogP contribution in [0.25, 0.3) is 0 Å². The van der Waals surface area contributed by atoms with Crippen molar-refractivity contribution in [3.05, 3.63) is 51.0 Å². The Morgan fingerprint density at radius 3 is 2.19 bits per heavy atom. The highest BCUT2D eigenvalue weighted by Crippen LogP contribution is 2.36. The smallest absolute Gasteiger partial charge is 0.227 e. The molecule has 3 rings (SSSR count). The molecule has 0 atom stereocenters. The number of sulfonamides is 1. The number of carbonyl (C=O) groups excluding carboxylic acids is 1.